The van der Waals surface area contributed by atoms with Crippen LogP contribution in [0, 0.1) is 5.92 Å². The standard InChI is InChI=1S/C26H47NO3/c1-3-5-6-7-8-9-10-11-12-13-14-15-16-17-18-23-30-26(29)24-19-21-27(22-20-24)25(28)4-2/h4,24H,2-3,5-23H2,1H3. The molecule has 1 aliphatic heterocycles. The van der Waals surface area contributed by atoms with E-state index in [0.717, 1.165) is 12.8 Å². The third-order valence-corrected chi connectivity index (χ3v) is 6.31. The maximum absolute atomic E-state index is 12.1. The quantitative estimate of drug-likeness (QED) is 0.138. The van der Waals surface area contributed by atoms with Gasteiger partial charge in [-0.2, -0.15) is 0 Å². The molecule has 0 unspecified atom stereocenters. The van der Waals surface area contributed by atoms with Crippen molar-refractivity contribution in [1.29, 1.82) is 0 Å². The fraction of sp³-hybridized carbons (Fsp3) is 0.846. The van der Waals surface area contributed by atoms with Crippen molar-refractivity contribution in [3.05, 3.63) is 12.7 Å². The van der Waals surface area contributed by atoms with Gasteiger partial charge in [-0.25, -0.2) is 0 Å². The van der Waals surface area contributed by atoms with Crippen LogP contribution in [0.15, 0.2) is 12.7 Å². The monoisotopic (exact) mass is 421 g/mol. The molecule has 1 fully saturated rings. The van der Waals surface area contributed by atoms with Crippen LogP contribution in [0.4, 0.5) is 0 Å². The van der Waals surface area contributed by atoms with Gasteiger partial charge in [-0.3, -0.25) is 9.59 Å². The van der Waals surface area contributed by atoms with Crippen LogP contribution in [-0.4, -0.2) is 36.5 Å². The second-order valence-electron chi connectivity index (χ2n) is 8.92. The number of piperidine rings is 1. The van der Waals surface area contributed by atoms with Gasteiger partial charge in [-0.05, 0) is 25.3 Å². The summed E-state index contributed by atoms with van der Waals surface area (Å²) in [5.74, 6) is -0.166. The molecule has 0 aromatic heterocycles. The number of ether oxygens (including phenoxy) is 1. The number of carbonyl (C=O) groups is 2. The molecule has 4 nitrogen and oxygen atoms in total. The molecule has 0 saturated carbocycles. The topological polar surface area (TPSA) is 46.6 Å². The van der Waals surface area contributed by atoms with E-state index < -0.39 is 0 Å². The Bertz CT molecular complexity index is 455. The van der Waals surface area contributed by atoms with Crippen LogP contribution < -0.4 is 0 Å². The molecule has 1 rings (SSSR count). The average Bonchev–Trinajstić information content (AvgIpc) is 2.78. The Balaban J connectivity index is 1.83. The van der Waals surface area contributed by atoms with E-state index in [0.29, 0.717) is 32.5 Å². The maximum atomic E-state index is 12.1. The van der Waals surface area contributed by atoms with Crippen molar-refractivity contribution in [2.24, 2.45) is 5.92 Å². The van der Waals surface area contributed by atoms with Crippen LogP contribution in [0.25, 0.3) is 0 Å². The summed E-state index contributed by atoms with van der Waals surface area (Å²) in [6.07, 6.45) is 22.8. The minimum atomic E-state index is -0.0777. The number of esters is 1. The Kier molecular flexibility index (Phi) is 16.4. The summed E-state index contributed by atoms with van der Waals surface area (Å²) in [5.41, 5.74) is 0. The van der Waals surface area contributed by atoms with Gasteiger partial charge in [-0.15, -0.1) is 0 Å². The van der Waals surface area contributed by atoms with Crippen molar-refractivity contribution in [3.63, 3.8) is 0 Å². The van der Waals surface area contributed by atoms with Crippen molar-refractivity contribution in [3.8, 4) is 0 Å². The molecule has 4 heteroatoms. The van der Waals surface area contributed by atoms with Crippen LogP contribution in [0.2, 0.25) is 0 Å². The number of likely N-dealkylation sites (tertiary alicyclic amines) is 1. The summed E-state index contributed by atoms with van der Waals surface area (Å²) >= 11 is 0. The van der Waals surface area contributed by atoms with Crippen LogP contribution >= 0.6 is 0 Å². The minimum absolute atomic E-state index is 0.0420. The third-order valence-electron chi connectivity index (χ3n) is 6.31. The molecule has 0 aromatic rings. The molecule has 1 heterocycles. The van der Waals surface area contributed by atoms with Crippen LogP contribution in [0.1, 0.15) is 116 Å². The molecule has 0 atom stereocenters. The molecular formula is C26H47NO3. The van der Waals surface area contributed by atoms with E-state index in [9.17, 15) is 9.59 Å². The van der Waals surface area contributed by atoms with Crippen molar-refractivity contribution in [2.75, 3.05) is 19.7 Å². The lowest BCUT2D eigenvalue weighted by atomic mass is 9.97. The maximum Gasteiger partial charge on any atom is 0.309 e. The second-order valence-corrected chi connectivity index (χ2v) is 8.92. The molecule has 0 bridgehead atoms. The zero-order valence-electron chi connectivity index (χ0n) is 19.7. The average molecular weight is 422 g/mol. The first kappa shape index (κ1) is 26.7. The van der Waals surface area contributed by atoms with Crippen molar-refractivity contribution in [2.45, 2.75) is 116 Å². The van der Waals surface area contributed by atoms with E-state index in [1.54, 1.807) is 4.90 Å². The Labute approximate surface area is 185 Å². The van der Waals surface area contributed by atoms with E-state index in [2.05, 4.69) is 13.5 Å². The molecule has 174 valence electrons. The van der Waals surface area contributed by atoms with E-state index in [1.807, 2.05) is 0 Å². The molecular weight excluding hydrogens is 374 g/mol. The van der Waals surface area contributed by atoms with Crippen LogP contribution in [0.3, 0.4) is 0 Å². The highest BCUT2D eigenvalue weighted by Gasteiger charge is 2.27. The first-order chi connectivity index (χ1) is 14.7. The molecule has 1 aliphatic rings. The molecule has 0 spiro atoms. The van der Waals surface area contributed by atoms with Gasteiger partial charge >= 0.3 is 5.97 Å². The van der Waals surface area contributed by atoms with Crippen molar-refractivity contribution in [1.82, 2.24) is 4.90 Å². The lowest BCUT2D eigenvalue weighted by Gasteiger charge is -2.30. The third kappa shape index (κ3) is 13.1. The van der Waals surface area contributed by atoms with Gasteiger partial charge in [0.15, 0.2) is 0 Å². The summed E-state index contributed by atoms with van der Waals surface area (Å²) in [6.45, 7) is 7.59. The SMILES string of the molecule is C=CC(=O)N1CCC(C(=O)OCCCCCCCCCCCCCCCCC)CC1. The molecule has 0 radical (unpaired) electrons. The number of hydrogen-bond acceptors (Lipinski definition) is 3. The Morgan fingerprint density at radius 2 is 1.23 bits per heavy atom. The van der Waals surface area contributed by atoms with Crippen molar-refractivity contribution < 1.29 is 14.3 Å². The Morgan fingerprint density at radius 3 is 1.67 bits per heavy atom. The summed E-state index contributed by atoms with van der Waals surface area (Å²) in [7, 11) is 0. The first-order valence-corrected chi connectivity index (χ1v) is 12.8. The highest BCUT2D eigenvalue weighted by atomic mass is 16.5. The highest BCUT2D eigenvalue weighted by Crippen LogP contribution is 2.19. The number of rotatable bonds is 18. The Hall–Kier alpha value is -1.32. The minimum Gasteiger partial charge on any atom is -0.465 e. The number of hydrogen-bond donors (Lipinski definition) is 0. The number of unbranched alkanes of at least 4 members (excludes halogenated alkanes) is 14. The largest absolute Gasteiger partial charge is 0.465 e. The normalized spacial score (nSPS) is 14.6. The fourth-order valence-corrected chi connectivity index (χ4v) is 4.23. The zero-order chi connectivity index (χ0) is 21.9. The van der Waals surface area contributed by atoms with E-state index in [-0.39, 0.29) is 17.8 Å². The van der Waals surface area contributed by atoms with Gasteiger partial charge in [0.25, 0.3) is 0 Å². The molecule has 0 aromatic carbocycles. The van der Waals surface area contributed by atoms with Gasteiger partial charge in [0.2, 0.25) is 5.91 Å². The zero-order valence-corrected chi connectivity index (χ0v) is 19.7. The van der Waals surface area contributed by atoms with Crippen LogP contribution in [0.5, 0.6) is 0 Å². The fourth-order valence-electron chi connectivity index (χ4n) is 4.23. The summed E-state index contributed by atoms with van der Waals surface area (Å²) in [6, 6.07) is 0. The van der Waals surface area contributed by atoms with Gasteiger partial charge in [-0.1, -0.05) is 103 Å². The summed E-state index contributed by atoms with van der Waals surface area (Å²) in [4.78, 5) is 25.5. The van der Waals surface area contributed by atoms with Gasteiger partial charge in [0.05, 0.1) is 12.5 Å². The van der Waals surface area contributed by atoms with E-state index in [4.69, 9.17) is 4.74 Å². The molecule has 1 amide bonds. The lowest BCUT2D eigenvalue weighted by Crippen LogP contribution is -2.39. The van der Waals surface area contributed by atoms with E-state index in [1.165, 1.54) is 89.5 Å². The molecule has 0 N–H and O–H groups in total. The summed E-state index contributed by atoms with van der Waals surface area (Å²) in [5, 5.41) is 0. The van der Waals surface area contributed by atoms with Gasteiger partial charge in [0, 0.05) is 13.1 Å². The number of nitrogens with zero attached hydrogens (tertiary/aromatic N) is 1. The van der Waals surface area contributed by atoms with Gasteiger partial charge in [0.1, 0.15) is 0 Å². The smallest absolute Gasteiger partial charge is 0.309 e. The highest BCUT2D eigenvalue weighted by molar-refractivity contribution is 5.87. The van der Waals surface area contributed by atoms with Gasteiger partial charge < -0.3 is 9.64 Å². The molecule has 30 heavy (non-hydrogen) atoms. The number of amides is 1. The predicted octanol–water partition coefficient (Wildman–Crippen LogP) is 6.83. The molecule has 1 saturated heterocycles. The second kappa shape index (κ2) is 18.4. The lowest BCUT2D eigenvalue weighted by molar-refractivity contribution is -0.151. The van der Waals surface area contributed by atoms with Crippen molar-refractivity contribution >= 4 is 11.9 Å². The number of carbonyl (C=O) groups excluding carboxylic acids is 2. The van der Waals surface area contributed by atoms with E-state index >= 15 is 0 Å². The molecule has 0 aliphatic carbocycles. The summed E-state index contributed by atoms with van der Waals surface area (Å²) < 4.78 is 5.45. The first-order valence-electron chi connectivity index (χ1n) is 12.8. The predicted molar refractivity (Wildman–Crippen MR) is 125 cm³/mol. The van der Waals surface area contributed by atoms with Crippen LogP contribution in [-0.2, 0) is 14.3 Å². The Morgan fingerprint density at radius 1 is 0.800 bits per heavy atom.